The van der Waals surface area contributed by atoms with Crippen LogP contribution in [0.15, 0.2) is 36.4 Å². The molecule has 1 aromatic carbocycles. The molecule has 0 fully saturated rings. The van der Waals surface area contributed by atoms with Crippen molar-refractivity contribution < 1.29 is 24.1 Å². The van der Waals surface area contributed by atoms with Gasteiger partial charge in [-0.25, -0.2) is 0 Å². The van der Waals surface area contributed by atoms with Crippen LogP contribution in [0.3, 0.4) is 0 Å². The zero-order valence-electron chi connectivity index (χ0n) is 13.2. The van der Waals surface area contributed by atoms with Crippen molar-refractivity contribution in [1.82, 2.24) is 0 Å². The fourth-order valence-electron chi connectivity index (χ4n) is 1.92. The topological polar surface area (TPSA) is 65.0 Å². The van der Waals surface area contributed by atoms with Crippen LogP contribution in [0.25, 0.3) is 0 Å². The van der Waals surface area contributed by atoms with E-state index >= 15 is 0 Å². The summed E-state index contributed by atoms with van der Waals surface area (Å²) in [5.74, 6) is 0.470. The normalized spacial score (nSPS) is 11.8. The Bertz CT molecular complexity index is 466. The molecule has 0 amide bonds. The van der Waals surface area contributed by atoms with E-state index in [1.165, 1.54) is 0 Å². The predicted molar refractivity (Wildman–Crippen MR) is 83.7 cm³/mol. The summed E-state index contributed by atoms with van der Waals surface area (Å²) in [6, 6.07) is 7.53. The van der Waals surface area contributed by atoms with Crippen LogP contribution >= 0.6 is 0 Å². The highest BCUT2D eigenvalue weighted by Crippen LogP contribution is 2.13. The zero-order chi connectivity index (χ0) is 16.4. The molecular formula is C17H24O5. The Kier molecular flexibility index (Phi) is 8.25. The summed E-state index contributed by atoms with van der Waals surface area (Å²) in [5, 5.41) is 9.86. The fourth-order valence-corrected chi connectivity index (χ4v) is 1.92. The summed E-state index contributed by atoms with van der Waals surface area (Å²) < 4.78 is 15.4. The van der Waals surface area contributed by atoms with E-state index in [9.17, 15) is 9.90 Å². The third kappa shape index (κ3) is 7.24. The van der Waals surface area contributed by atoms with E-state index in [1.54, 1.807) is 14.0 Å². The van der Waals surface area contributed by atoms with Crippen molar-refractivity contribution in [2.75, 3.05) is 20.3 Å². The van der Waals surface area contributed by atoms with Gasteiger partial charge in [0, 0.05) is 0 Å². The third-order valence-electron chi connectivity index (χ3n) is 2.96. The van der Waals surface area contributed by atoms with Crippen LogP contribution in [0.2, 0.25) is 0 Å². The first-order chi connectivity index (χ1) is 10.5. The molecule has 1 rings (SSSR count). The van der Waals surface area contributed by atoms with Gasteiger partial charge < -0.3 is 19.3 Å². The van der Waals surface area contributed by atoms with Gasteiger partial charge in [0.25, 0.3) is 0 Å². The maximum absolute atomic E-state index is 11.3. The van der Waals surface area contributed by atoms with Gasteiger partial charge >= 0.3 is 5.97 Å². The molecule has 0 aromatic heterocycles. The van der Waals surface area contributed by atoms with Crippen LogP contribution in [0.1, 0.15) is 25.3 Å². The molecule has 0 spiro atoms. The number of esters is 1. The summed E-state index contributed by atoms with van der Waals surface area (Å²) in [5.41, 5.74) is 1.64. The van der Waals surface area contributed by atoms with Gasteiger partial charge in [-0.1, -0.05) is 24.3 Å². The second kappa shape index (κ2) is 9.97. The minimum absolute atomic E-state index is 0.128. The predicted octanol–water partition coefficient (Wildman–Crippen LogP) is 2.47. The van der Waals surface area contributed by atoms with Gasteiger partial charge in [0.15, 0.2) is 0 Å². The smallest absolute Gasteiger partial charge is 0.309 e. The van der Waals surface area contributed by atoms with E-state index < -0.39 is 6.10 Å². The molecular weight excluding hydrogens is 284 g/mol. The number of carbonyl (C=O) groups is 1. The summed E-state index contributed by atoms with van der Waals surface area (Å²) in [6.07, 6.45) is -0.231. The van der Waals surface area contributed by atoms with Crippen LogP contribution < -0.4 is 4.74 Å². The molecule has 0 aliphatic rings. The molecule has 0 aliphatic carbocycles. The molecule has 5 nitrogen and oxygen atoms in total. The largest absolute Gasteiger partial charge is 0.497 e. The molecule has 0 saturated heterocycles. The van der Waals surface area contributed by atoms with E-state index in [0.29, 0.717) is 25.2 Å². The summed E-state index contributed by atoms with van der Waals surface area (Å²) in [7, 11) is 1.62. The van der Waals surface area contributed by atoms with E-state index in [0.717, 1.165) is 11.3 Å². The minimum atomic E-state index is -0.680. The lowest BCUT2D eigenvalue weighted by molar-refractivity contribution is -0.142. The SMILES string of the molecule is C=C(CC(=O)OCC)C[C@@H](O)COCc1ccc(OC)cc1. The standard InChI is InChI=1S/C17H24O5/c1-4-22-17(19)10-13(2)9-15(18)12-21-11-14-5-7-16(20-3)8-6-14/h5-8,15,18H,2,4,9-12H2,1,3H3/t15-/m1/s1. The van der Waals surface area contributed by atoms with E-state index in [1.807, 2.05) is 24.3 Å². The van der Waals surface area contributed by atoms with Crippen molar-refractivity contribution in [2.24, 2.45) is 0 Å². The Morgan fingerprint density at radius 1 is 1.32 bits per heavy atom. The van der Waals surface area contributed by atoms with Gasteiger partial charge in [0.1, 0.15) is 5.75 Å². The zero-order valence-corrected chi connectivity index (χ0v) is 13.2. The van der Waals surface area contributed by atoms with Crippen molar-refractivity contribution in [3.8, 4) is 5.75 Å². The molecule has 0 bridgehead atoms. The number of hydrogen-bond acceptors (Lipinski definition) is 5. The molecule has 0 heterocycles. The summed E-state index contributed by atoms with van der Waals surface area (Å²) in [4.78, 5) is 11.3. The molecule has 5 heteroatoms. The van der Waals surface area contributed by atoms with Gasteiger partial charge in [-0.05, 0) is 31.0 Å². The lowest BCUT2D eigenvalue weighted by Crippen LogP contribution is -2.17. The van der Waals surface area contributed by atoms with Gasteiger partial charge in [-0.15, -0.1) is 0 Å². The lowest BCUT2D eigenvalue weighted by Gasteiger charge is -2.13. The molecule has 0 radical (unpaired) electrons. The lowest BCUT2D eigenvalue weighted by atomic mass is 10.1. The van der Waals surface area contributed by atoms with Crippen molar-refractivity contribution in [2.45, 2.75) is 32.5 Å². The molecule has 0 saturated carbocycles. The maximum atomic E-state index is 11.3. The number of aliphatic hydroxyl groups excluding tert-OH is 1. The average molecular weight is 308 g/mol. The maximum Gasteiger partial charge on any atom is 0.309 e. The number of benzene rings is 1. The number of ether oxygens (including phenoxy) is 3. The van der Waals surface area contributed by atoms with Gasteiger partial charge in [0.2, 0.25) is 0 Å². The van der Waals surface area contributed by atoms with Gasteiger partial charge in [-0.2, -0.15) is 0 Å². The first kappa shape index (κ1) is 18.2. The molecule has 22 heavy (non-hydrogen) atoms. The molecule has 122 valence electrons. The second-order valence-corrected chi connectivity index (χ2v) is 4.95. The van der Waals surface area contributed by atoms with Crippen LogP contribution in [0.5, 0.6) is 5.75 Å². The Hall–Kier alpha value is -1.85. The Labute approximate surface area is 131 Å². The van der Waals surface area contributed by atoms with Crippen molar-refractivity contribution in [3.05, 3.63) is 42.0 Å². The Morgan fingerprint density at radius 2 is 2.00 bits per heavy atom. The molecule has 0 aliphatic heterocycles. The van der Waals surface area contributed by atoms with Gasteiger partial charge in [-0.3, -0.25) is 4.79 Å². The van der Waals surface area contributed by atoms with Crippen molar-refractivity contribution >= 4 is 5.97 Å². The molecule has 1 atom stereocenters. The van der Waals surface area contributed by atoms with E-state index in [4.69, 9.17) is 14.2 Å². The summed E-state index contributed by atoms with van der Waals surface area (Å²) in [6.45, 7) is 6.47. The van der Waals surface area contributed by atoms with E-state index in [2.05, 4.69) is 6.58 Å². The third-order valence-corrected chi connectivity index (χ3v) is 2.96. The van der Waals surface area contributed by atoms with Crippen molar-refractivity contribution in [1.29, 1.82) is 0 Å². The molecule has 0 unspecified atom stereocenters. The Morgan fingerprint density at radius 3 is 2.59 bits per heavy atom. The van der Waals surface area contributed by atoms with Crippen LogP contribution in [0.4, 0.5) is 0 Å². The highest BCUT2D eigenvalue weighted by molar-refractivity contribution is 5.72. The number of hydrogen-bond donors (Lipinski definition) is 1. The van der Waals surface area contributed by atoms with Crippen LogP contribution in [-0.2, 0) is 20.9 Å². The highest BCUT2D eigenvalue weighted by Gasteiger charge is 2.11. The van der Waals surface area contributed by atoms with Gasteiger partial charge in [0.05, 0.1) is 39.5 Å². The quantitative estimate of drug-likeness (QED) is 0.531. The molecule has 1 aromatic rings. The monoisotopic (exact) mass is 308 g/mol. The minimum Gasteiger partial charge on any atom is -0.497 e. The Balaban J connectivity index is 2.23. The first-order valence-electron chi connectivity index (χ1n) is 7.26. The van der Waals surface area contributed by atoms with Crippen LogP contribution in [0, 0.1) is 0 Å². The number of aliphatic hydroxyl groups is 1. The fraction of sp³-hybridized carbons (Fsp3) is 0.471. The van der Waals surface area contributed by atoms with Crippen LogP contribution in [-0.4, -0.2) is 37.5 Å². The second-order valence-electron chi connectivity index (χ2n) is 4.95. The van der Waals surface area contributed by atoms with Crippen molar-refractivity contribution in [3.63, 3.8) is 0 Å². The number of methoxy groups -OCH3 is 1. The first-order valence-corrected chi connectivity index (χ1v) is 7.26. The number of rotatable bonds is 10. The molecule has 1 N–H and O–H groups in total. The number of carbonyl (C=O) groups excluding carboxylic acids is 1. The highest BCUT2D eigenvalue weighted by atomic mass is 16.5. The van der Waals surface area contributed by atoms with E-state index in [-0.39, 0.29) is 19.0 Å². The average Bonchev–Trinajstić information content (AvgIpc) is 2.47. The summed E-state index contributed by atoms with van der Waals surface area (Å²) >= 11 is 0.